The Morgan fingerprint density at radius 1 is 1.05 bits per heavy atom. The normalized spacial score (nSPS) is 10.7. The Bertz CT molecular complexity index is 606. The lowest BCUT2D eigenvalue weighted by molar-refractivity contribution is 0.426. The fourth-order valence-corrected chi connectivity index (χ4v) is 2.36. The highest BCUT2D eigenvalue weighted by Crippen LogP contribution is 2.26. The quantitative estimate of drug-likeness (QED) is 0.831. The van der Waals surface area contributed by atoms with Crippen molar-refractivity contribution in [3.8, 4) is 11.1 Å². The third kappa shape index (κ3) is 3.49. The van der Waals surface area contributed by atoms with E-state index in [1.54, 1.807) is 12.1 Å². The Balaban J connectivity index is 2.50. The number of unbranched alkanes of at least 4 members (excludes halogenated alkanes) is 1. The second-order valence-corrected chi connectivity index (χ2v) is 5.00. The first-order valence-electron chi connectivity index (χ1n) is 6.98. The molecule has 2 aromatic carbocycles. The first-order chi connectivity index (χ1) is 10.0. The second kappa shape index (κ2) is 6.83. The minimum atomic E-state index is -1.78. The molecule has 5 heteroatoms. The van der Waals surface area contributed by atoms with Gasteiger partial charge in [0.05, 0.1) is 5.56 Å². The van der Waals surface area contributed by atoms with Gasteiger partial charge in [-0.2, -0.15) is 0 Å². The summed E-state index contributed by atoms with van der Waals surface area (Å²) in [7, 11) is -1.78. The van der Waals surface area contributed by atoms with E-state index in [1.807, 2.05) is 6.92 Å². The fourth-order valence-electron chi connectivity index (χ4n) is 2.36. The lowest BCUT2D eigenvalue weighted by Crippen LogP contribution is -2.31. The van der Waals surface area contributed by atoms with Crippen LogP contribution in [0.1, 0.15) is 25.3 Å². The molecule has 0 atom stereocenters. The van der Waals surface area contributed by atoms with Gasteiger partial charge in [0, 0.05) is 0 Å². The summed E-state index contributed by atoms with van der Waals surface area (Å²) < 4.78 is 28.5. The minimum Gasteiger partial charge on any atom is -0.423 e. The van der Waals surface area contributed by atoms with Crippen molar-refractivity contribution in [1.29, 1.82) is 0 Å². The molecular formula is C16H17BF2O2. The SMILES string of the molecule is CCCCc1cc(F)c(-c2ccccc2B(O)O)c(F)c1. The highest BCUT2D eigenvalue weighted by Gasteiger charge is 2.21. The molecule has 2 rings (SSSR count). The molecule has 0 bridgehead atoms. The van der Waals surface area contributed by atoms with Gasteiger partial charge in [-0.25, -0.2) is 8.78 Å². The van der Waals surface area contributed by atoms with Crippen LogP contribution in [0.3, 0.4) is 0 Å². The van der Waals surface area contributed by atoms with Crippen molar-refractivity contribution in [2.45, 2.75) is 26.2 Å². The average Bonchev–Trinajstić information content (AvgIpc) is 2.44. The van der Waals surface area contributed by atoms with E-state index in [-0.39, 0.29) is 16.6 Å². The summed E-state index contributed by atoms with van der Waals surface area (Å²) in [5.41, 5.74) is 0.623. The topological polar surface area (TPSA) is 40.5 Å². The zero-order valence-corrected chi connectivity index (χ0v) is 11.8. The molecule has 0 heterocycles. The van der Waals surface area contributed by atoms with Crippen LogP contribution in [-0.2, 0) is 6.42 Å². The van der Waals surface area contributed by atoms with Crippen molar-refractivity contribution < 1.29 is 18.8 Å². The van der Waals surface area contributed by atoms with Gasteiger partial charge in [0.25, 0.3) is 0 Å². The van der Waals surface area contributed by atoms with E-state index in [4.69, 9.17) is 0 Å². The van der Waals surface area contributed by atoms with Crippen LogP contribution in [0.4, 0.5) is 8.78 Å². The van der Waals surface area contributed by atoms with Gasteiger partial charge in [0.2, 0.25) is 0 Å². The van der Waals surface area contributed by atoms with Gasteiger partial charge in [-0.3, -0.25) is 0 Å². The lowest BCUT2D eigenvalue weighted by atomic mass is 9.75. The Morgan fingerprint density at radius 2 is 1.67 bits per heavy atom. The van der Waals surface area contributed by atoms with E-state index in [0.29, 0.717) is 12.0 Å². The summed E-state index contributed by atoms with van der Waals surface area (Å²) in [6.07, 6.45) is 2.43. The molecular weight excluding hydrogens is 273 g/mol. The monoisotopic (exact) mass is 290 g/mol. The van der Waals surface area contributed by atoms with Crippen molar-refractivity contribution >= 4 is 12.6 Å². The van der Waals surface area contributed by atoms with E-state index in [1.165, 1.54) is 24.3 Å². The largest absolute Gasteiger partial charge is 0.489 e. The molecule has 0 unspecified atom stereocenters. The minimum absolute atomic E-state index is 0.0802. The van der Waals surface area contributed by atoms with Crippen LogP contribution in [0, 0.1) is 11.6 Å². The molecule has 2 nitrogen and oxygen atoms in total. The van der Waals surface area contributed by atoms with Crippen LogP contribution >= 0.6 is 0 Å². The van der Waals surface area contributed by atoms with E-state index >= 15 is 0 Å². The highest BCUT2D eigenvalue weighted by molar-refractivity contribution is 6.60. The van der Waals surface area contributed by atoms with Crippen LogP contribution in [0.2, 0.25) is 0 Å². The Kier molecular flexibility index (Phi) is 5.10. The number of aryl methyl sites for hydroxylation is 1. The van der Waals surface area contributed by atoms with Gasteiger partial charge in [-0.15, -0.1) is 0 Å². The average molecular weight is 290 g/mol. The molecule has 0 aliphatic rings. The summed E-state index contributed by atoms with van der Waals surface area (Å²) in [6.45, 7) is 2.01. The lowest BCUT2D eigenvalue weighted by Gasteiger charge is -2.12. The molecule has 0 spiro atoms. The number of rotatable bonds is 5. The Hall–Kier alpha value is -1.72. The third-order valence-electron chi connectivity index (χ3n) is 3.43. The number of hydrogen-bond acceptors (Lipinski definition) is 2. The Morgan fingerprint density at radius 3 is 2.24 bits per heavy atom. The molecule has 21 heavy (non-hydrogen) atoms. The predicted octanol–water partition coefficient (Wildman–Crippen LogP) is 2.65. The van der Waals surface area contributed by atoms with E-state index in [0.717, 1.165) is 12.8 Å². The van der Waals surface area contributed by atoms with Gasteiger partial charge in [0.15, 0.2) is 0 Å². The summed E-state index contributed by atoms with van der Waals surface area (Å²) in [6, 6.07) is 8.73. The molecule has 0 fully saturated rings. The van der Waals surface area contributed by atoms with Crippen LogP contribution < -0.4 is 5.46 Å². The van der Waals surface area contributed by atoms with Crippen LogP contribution in [0.25, 0.3) is 11.1 Å². The zero-order chi connectivity index (χ0) is 15.4. The van der Waals surface area contributed by atoms with Crippen molar-refractivity contribution in [1.82, 2.24) is 0 Å². The van der Waals surface area contributed by atoms with Crippen molar-refractivity contribution in [2.24, 2.45) is 0 Å². The number of hydrogen-bond donors (Lipinski definition) is 2. The maximum atomic E-state index is 14.3. The molecule has 110 valence electrons. The van der Waals surface area contributed by atoms with E-state index in [9.17, 15) is 18.8 Å². The molecule has 2 aromatic rings. The van der Waals surface area contributed by atoms with Gasteiger partial charge in [-0.05, 0) is 41.6 Å². The summed E-state index contributed by atoms with van der Waals surface area (Å²) in [4.78, 5) is 0. The van der Waals surface area contributed by atoms with Gasteiger partial charge >= 0.3 is 7.12 Å². The molecule has 0 aliphatic carbocycles. The standard InChI is InChI=1S/C16H17BF2O2/c1-2-3-6-11-9-14(18)16(15(19)10-11)12-7-4-5-8-13(12)17(20)21/h4-5,7-10,20-21H,2-3,6H2,1H3. The number of benzene rings is 2. The molecule has 0 saturated heterocycles. The third-order valence-corrected chi connectivity index (χ3v) is 3.43. The predicted molar refractivity (Wildman–Crippen MR) is 80.2 cm³/mol. The molecule has 0 radical (unpaired) electrons. The van der Waals surface area contributed by atoms with Crippen LogP contribution in [-0.4, -0.2) is 17.2 Å². The molecule has 0 amide bonds. The van der Waals surface area contributed by atoms with Crippen LogP contribution in [0.15, 0.2) is 36.4 Å². The molecule has 0 aromatic heterocycles. The molecule has 2 N–H and O–H groups in total. The second-order valence-electron chi connectivity index (χ2n) is 5.00. The van der Waals surface area contributed by atoms with E-state index in [2.05, 4.69) is 0 Å². The van der Waals surface area contributed by atoms with Crippen molar-refractivity contribution in [3.63, 3.8) is 0 Å². The van der Waals surface area contributed by atoms with Gasteiger partial charge in [-0.1, -0.05) is 37.6 Å². The summed E-state index contributed by atoms with van der Waals surface area (Å²) >= 11 is 0. The van der Waals surface area contributed by atoms with Crippen LogP contribution in [0.5, 0.6) is 0 Å². The number of halogens is 2. The molecule has 0 saturated carbocycles. The van der Waals surface area contributed by atoms with Gasteiger partial charge < -0.3 is 10.0 Å². The fraction of sp³-hybridized carbons (Fsp3) is 0.250. The highest BCUT2D eigenvalue weighted by atomic mass is 19.1. The summed E-state index contributed by atoms with van der Waals surface area (Å²) in [5.74, 6) is -1.37. The molecule has 0 aliphatic heterocycles. The maximum Gasteiger partial charge on any atom is 0.489 e. The summed E-state index contributed by atoms with van der Waals surface area (Å²) in [5, 5.41) is 18.7. The van der Waals surface area contributed by atoms with Gasteiger partial charge in [0.1, 0.15) is 11.6 Å². The van der Waals surface area contributed by atoms with E-state index < -0.39 is 18.8 Å². The first kappa shape index (κ1) is 15.7. The van der Waals surface area contributed by atoms with Crippen molar-refractivity contribution in [3.05, 3.63) is 53.6 Å². The van der Waals surface area contributed by atoms with Crippen molar-refractivity contribution in [2.75, 3.05) is 0 Å². The maximum absolute atomic E-state index is 14.3. The Labute approximate surface area is 123 Å². The first-order valence-corrected chi connectivity index (χ1v) is 6.98. The smallest absolute Gasteiger partial charge is 0.423 e. The zero-order valence-electron chi connectivity index (χ0n) is 11.8.